The van der Waals surface area contributed by atoms with Crippen LogP contribution in [0.5, 0.6) is 0 Å². The highest BCUT2D eigenvalue weighted by molar-refractivity contribution is 7.99. The zero-order valence-corrected chi connectivity index (χ0v) is 12.7. The Bertz CT molecular complexity index is 647. The molecule has 0 radical (unpaired) electrons. The van der Waals surface area contributed by atoms with Crippen LogP contribution in [0.4, 0.5) is 5.69 Å². The van der Waals surface area contributed by atoms with Crippen LogP contribution in [0, 0.1) is 11.3 Å². The van der Waals surface area contributed by atoms with E-state index < -0.39 is 0 Å². The normalized spacial score (nSPS) is 9.90. The predicted molar refractivity (Wildman–Crippen MR) is 86.6 cm³/mol. The molecule has 0 atom stereocenters. The van der Waals surface area contributed by atoms with Crippen LogP contribution in [-0.2, 0) is 11.2 Å². The molecule has 0 fully saturated rings. The van der Waals surface area contributed by atoms with Crippen molar-refractivity contribution in [3.63, 3.8) is 0 Å². The average Bonchev–Trinajstić information content (AvgIpc) is 2.49. The van der Waals surface area contributed by atoms with Gasteiger partial charge in [-0.3, -0.25) is 4.79 Å². The SMILES string of the molecule is N#CCSc1ccc(NC(=O)Cc2ccc(Cl)cc2)cc1. The number of hydrogen-bond acceptors (Lipinski definition) is 3. The Morgan fingerprint density at radius 1 is 1.14 bits per heavy atom. The molecule has 0 aliphatic heterocycles. The fraction of sp³-hybridized carbons (Fsp3) is 0.125. The number of halogens is 1. The summed E-state index contributed by atoms with van der Waals surface area (Å²) in [6.07, 6.45) is 0.308. The number of carbonyl (C=O) groups is 1. The van der Waals surface area contributed by atoms with E-state index in [2.05, 4.69) is 11.4 Å². The second kappa shape index (κ2) is 7.72. The third-order valence-corrected chi connectivity index (χ3v) is 3.85. The number of thioether (sulfide) groups is 1. The van der Waals surface area contributed by atoms with Crippen LogP contribution in [0.2, 0.25) is 5.02 Å². The lowest BCUT2D eigenvalue weighted by molar-refractivity contribution is -0.115. The lowest BCUT2D eigenvalue weighted by Gasteiger charge is -2.06. The van der Waals surface area contributed by atoms with Crippen molar-refractivity contribution in [3.8, 4) is 6.07 Å². The van der Waals surface area contributed by atoms with Gasteiger partial charge in [-0.05, 0) is 42.0 Å². The van der Waals surface area contributed by atoms with Crippen molar-refractivity contribution in [2.75, 3.05) is 11.1 Å². The first kappa shape index (κ1) is 15.4. The van der Waals surface area contributed by atoms with Gasteiger partial charge in [0.2, 0.25) is 5.91 Å². The van der Waals surface area contributed by atoms with E-state index in [1.807, 2.05) is 36.4 Å². The van der Waals surface area contributed by atoms with Crippen LogP contribution in [0.3, 0.4) is 0 Å². The molecular formula is C16H13ClN2OS. The summed E-state index contributed by atoms with van der Waals surface area (Å²) in [5.74, 6) is 0.345. The maximum atomic E-state index is 11.9. The largest absolute Gasteiger partial charge is 0.326 e. The van der Waals surface area contributed by atoms with Gasteiger partial charge in [-0.25, -0.2) is 0 Å². The molecule has 2 aromatic carbocycles. The van der Waals surface area contributed by atoms with E-state index in [1.165, 1.54) is 11.8 Å². The molecule has 1 N–H and O–H groups in total. The van der Waals surface area contributed by atoms with E-state index in [9.17, 15) is 4.79 Å². The van der Waals surface area contributed by atoms with Crippen LogP contribution >= 0.6 is 23.4 Å². The Morgan fingerprint density at radius 3 is 2.43 bits per heavy atom. The first-order chi connectivity index (χ1) is 10.2. The number of anilines is 1. The molecule has 106 valence electrons. The topological polar surface area (TPSA) is 52.9 Å². The minimum atomic E-state index is -0.0743. The summed E-state index contributed by atoms with van der Waals surface area (Å²) >= 11 is 7.27. The maximum Gasteiger partial charge on any atom is 0.228 e. The van der Waals surface area contributed by atoms with Crippen molar-refractivity contribution < 1.29 is 4.79 Å². The Morgan fingerprint density at radius 2 is 1.81 bits per heavy atom. The number of hydrogen-bond donors (Lipinski definition) is 1. The summed E-state index contributed by atoms with van der Waals surface area (Å²) in [6.45, 7) is 0. The van der Waals surface area contributed by atoms with Gasteiger partial charge in [-0.2, -0.15) is 5.26 Å². The summed E-state index contributed by atoms with van der Waals surface area (Å²) < 4.78 is 0. The number of rotatable bonds is 5. The second-order valence-corrected chi connectivity index (χ2v) is 5.81. The maximum absolute atomic E-state index is 11.9. The summed E-state index contributed by atoms with van der Waals surface area (Å²) in [5, 5.41) is 12.0. The zero-order valence-electron chi connectivity index (χ0n) is 11.2. The molecule has 0 unspecified atom stereocenters. The molecule has 0 bridgehead atoms. The van der Waals surface area contributed by atoms with Crippen molar-refractivity contribution in [3.05, 3.63) is 59.1 Å². The van der Waals surface area contributed by atoms with Crippen molar-refractivity contribution in [1.82, 2.24) is 0 Å². The van der Waals surface area contributed by atoms with Gasteiger partial charge in [0.25, 0.3) is 0 Å². The molecule has 0 aliphatic carbocycles. The minimum Gasteiger partial charge on any atom is -0.326 e. The first-order valence-electron chi connectivity index (χ1n) is 6.31. The smallest absolute Gasteiger partial charge is 0.228 e. The summed E-state index contributed by atoms with van der Waals surface area (Å²) in [7, 11) is 0. The molecule has 0 aromatic heterocycles. The van der Waals surface area contributed by atoms with Crippen LogP contribution in [0.15, 0.2) is 53.4 Å². The number of nitriles is 1. The molecule has 2 aromatic rings. The van der Waals surface area contributed by atoms with Crippen molar-refractivity contribution in [2.24, 2.45) is 0 Å². The van der Waals surface area contributed by atoms with E-state index in [-0.39, 0.29) is 5.91 Å². The van der Waals surface area contributed by atoms with Crippen LogP contribution < -0.4 is 5.32 Å². The van der Waals surface area contributed by atoms with Crippen molar-refractivity contribution in [1.29, 1.82) is 5.26 Å². The number of benzene rings is 2. The molecule has 1 amide bonds. The predicted octanol–water partition coefficient (Wildman–Crippen LogP) is 4.14. The molecular weight excluding hydrogens is 304 g/mol. The van der Waals surface area contributed by atoms with Gasteiger partial charge in [0.15, 0.2) is 0 Å². The monoisotopic (exact) mass is 316 g/mol. The Labute approximate surface area is 132 Å². The van der Waals surface area contributed by atoms with Gasteiger partial charge in [0.1, 0.15) is 0 Å². The molecule has 2 rings (SSSR count). The molecule has 21 heavy (non-hydrogen) atoms. The van der Waals surface area contributed by atoms with E-state index in [0.717, 1.165) is 16.1 Å². The number of nitrogens with one attached hydrogen (secondary N) is 1. The van der Waals surface area contributed by atoms with Crippen molar-refractivity contribution >= 4 is 35.0 Å². The van der Waals surface area contributed by atoms with Crippen molar-refractivity contribution in [2.45, 2.75) is 11.3 Å². The zero-order chi connectivity index (χ0) is 15.1. The van der Waals surface area contributed by atoms with E-state index in [0.29, 0.717) is 17.2 Å². The lowest BCUT2D eigenvalue weighted by atomic mass is 10.1. The van der Waals surface area contributed by atoms with Gasteiger partial charge >= 0.3 is 0 Å². The molecule has 0 aliphatic rings. The summed E-state index contributed by atoms with van der Waals surface area (Å²) in [6, 6.07) is 16.7. The first-order valence-corrected chi connectivity index (χ1v) is 7.68. The van der Waals surface area contributed by atoms with Gasteiger partial charge in [0, 0.05) is 15.6 Å². The number of carbonyl (C=O) groups excluding carboxylic acids is 1. The standard InChI is InChI=1S/C16H13ClN2OS/c17-13-3-1-12(2-4-13)11-16(20)19-14-5-7-15(8-6-14)21-10-9-18/h1-8H,10-11H2,(H,19,20). The van der Waals surface area contributed by atoms with Crippen LogP contribution in [0.25, 0.3) is 0 Å². The quantitative estimate of drug-likeness (QED) is 0.844. The van der Waals surface area contributed by atoms with Gasteiger partial charge in [-0.15, -0.1) is 11.8 Å². The Hall–Kier alpha value is -1.96. The second-order valence-electron chi connectivity index (χ2n) is 4.32. The van der Waals surface area contributed by atoms with Gasteiger partial charge < -0.3 is 5.32 Å². The number of amides is 1. The molecule has 3 nitrogen and oxygen atoms in total. The number of nitrogens with zero attached hydrogens (tertiary/aromatic N) is 1. The van der Waals surface area contributed by atoms with E-state index in [4.69, 9.17) is 16.9 Å². The van der Waals surface area contributed by atoms with Crippen LogP contribution in [0.1, 0.15) is 5.56 Å². The molecule has 0 saturated heterocycles. The van der Waals surface area contributed by atoms with Gasteiger partial charge in [0.05, 0.1) is 18.2 Å². The third-order valence-electron chi connectivity index (χ3n) is 2.72. The van der Waals surface area contributed by atoms with E-state index in [1.54, 1.807) is 12.1 Å². The third kappa shape index (κ3) is 5.14. The minimum absolute atomic E-state index is 0.0743. The Balaban J connectivity index is 1.90. The lowest BCUT2D eigenvalue weighted by Crippen LogP contribution is -2.14. The van der Waals surface area contributed by atoms with Gasteiger partial charge in [-0.1, -0.05) is 23.7 Å². The molecule has 0 heterocycles. The fourth-order valence-electron chi connectivity index (χ4n) is 1.74. The molecule has 5 heteroatoms. The van der Waals surface area contributed by atoms with E-state index >= 15 is 0 Å². The summed E-state index contributed by atoms with van der Waals surface area (Å²) in [5.41, 5.74) is 1.66. The highest BCUT2D eigenvalue weighted by atomic mass is 35.5. The fourth-order valence-corrected chi connectivity index (χ4v) is 2.43. The molecule has 0 spiro atoms. The summed E-state index contributed by atoms with van der Waals surface area (Å²) in [4.78, 5) is 12.9. The Kier molecular flexibility index (Phi) is 5.68. The van der Waals surface area contributed by atoms with Crippen LogP contribution in [-0.4, -0.2) is 11.7 Å². The highest BCUT2D eigenvalue weighted by Crippen LogP contribution is 2.20. The highest BCUT2D eigenvalue weighted by Gasteiger charge is 2.04. The molecule has 0 saturated carbocycles. The average molecular weight is 317 g/mol.